The minimum Gasteiger partial charge on any atom is -0.481 e. The number of aryl methyl sites for hydroxylation is 2. The molecule has 12 nitrogen and oxygen atoms in total. The van der Waals surface area contributed by atoms with Gasteiger partial charge in [0.05, 0.1) is 11.7 Å². The van der Waals surface area contributed by atoms with Crippen molar-refractivity contribution in [1.29, 1.82) is 0 Å². The van der Waals surface area contributed by atoms with Gasteiger partial charge >= 0.3 is 11.9 Å². The van der Waals surface area contributed by atoms with Crippen molar-refractivity contribution in [2.24, 2.45) is 4.99 Å². The van der Waals surface area contributed by atoms with Crippen molar-refractivity contribution in [3.63, 3.8) is 0 Å². The highest BCUT2D eigenvalue weighted by atomic mass is 16.4. The van der Waals surface area contributed by atoms with Gasteiger partial charge < -0.3 is 25.4 Å². The highest BCUT2D eigenvalue weighted by Gasteiger charge is 2.21. The van der Waals surface area contributed by atoms with E-state index in [0.717, 1.165) is 11.1 Å². The number of hydrogen-bond donors (Lipinski definition) is 5. The number of carboxylic acids is 2. The van der Waals surface area contributed by atoms with Crippen LogP contribution >= 0.6 is 0 Å². The summed E-state index contributed by atoms with van der Waals surface area (Å²) in [4.78, 5) is 62.7. The van der Waals surface area contributed by atoms with Crippen LogP contribution in [0, 0.1) is 0 Å². The van der Waals surface area contributed by atoms with E-state index < -0.39 is 23.9 Å². The summed E-state index contributed by atoms with van der Waals surface area (Å²) in [5.41, 5.74) is 2.11. The molecule has 1 aromatic carbocycles. The molecule has 0 aliphatic heterocycles. The maximum atomic E-state index is 12.6. The first-order valence-electron chi connectivity index (χ1n) is 10.8. The minimum absolute atomic E-state index is 0.201. The lowest BCUT2D eigenvalue weighted by Crippen LogP contribution is -2.41. The highest BCUT2D eigenvalue weighted by Crippen LogP contribution is 2.17. The van der Waals surface area contributed by atoms with Gasteiger partial charge in [0.15, 0.2) is 0 Å². The van der Waals surface area contributed by atoms with Gasteiger partial charge in [-0.15, -0.1) is 0 Å². The second kappa shape index (κ2) is 11.1. The number of carbonyl (C=O) groups excluding carboxylic acids is 1. The average Bonchev–Trinajstić information content (AvgIpc) is 3.22. The van der Waals surface area contributed by atoms with E-state index in [1.807, 2.05) is 0 Å². The maximum Gasteiger partial charge on any atom is 0.326 e. The van der Waals surface area contributed by atoms with E-state index in [2.05, 4.69) is 25.3 Å². The second-order valence-corrected chi connectivity index (χ2v) is 8.13. The Morgan fingerprint density at radius 1 is 1.17 bits per heavy atom. The average molecular weight is 482 g/mol. The third kappa shape index (κ3) is 6.76. The molecule has 2 aromatic heterocycles. The number of benzene rings is 1. The summed E-state index contributed by atoms with van der Waals surface area (Å²) in [6.07, 6.45) is 3.83. The first-order chi connectivity index (χ1) is 16.6. The lowest BCUT2D eigenvalue weighted by atomic mass is 10.0. The van der Waals surface area contributed by atoms with Crippen molar-refractivity contribution in [3.05, 3.63) is 57.5 Å². The van der Waals surface area contributed by atoms with E-state index in [0.29, 0.717) is 23.9 Å². The van der Waals surface area contributed by atoms with Crippen molar-refractivity contribution in [1.82, 2.24) is 25.2 Å². The molecule has 0 unspecified atom stereocenters. The van der Waals surface area contributed by atoms with E-state index in [4.69, 9.17) is 5.11 Å². The molecule has 184 valence electrons. The number of H-pyrrole nitrogens is 2. The Balaban J connectivity index is 1.65. The molecule has 0 saturated carbocycles. The molecular formula is C23H26N6O6. The van der Waals surface area contributed by atoms with Gasteiger partial charge in [0.25, 0.3) is 11.5 Å². The Hall–Kier alpha value is -4.48. The zero-order valence-electron chi connectivity index (χ0n) is 19.2. The third-order valence-corrected chi connectivity index (χ3v) is 5.17. The summed E-state index contributed by atoms with van der Waals surface area (Å²) in [7, 11) is 3.61. The third-order valence-electron chi connectivity index (χ3n) is 5.17. The zero-order chi connectivity index (χ0) is 25.5. The van der Waals surface area contributed by atoms with Gasteiger partial charge in [-0.2, -0.15) is 4.98 Å². The molecule has 2 heterocycles. The van der Waals surface area contributed by atoms with E-state index in [9.17, 15) is 24.3 Å². The quantitative estimate of drug-likeness (QED) is 0.200. The number of nitrogens with zero attached hydrogens (tertiary/aromatic N) is 3. The number of carboxylic acid groups (broad SMARTS) is 2. The number of carbonyl (C=O) groups is 3. The molecule has 12 heteroatoms. The molecular weight excluding hydrogens is 456 g/mol. The molecule has 0 aliphatic rings. The number of aromatic amines is 2. The van der Waals surface area contributed by atoms with Crippen molar-refractivity contribution >= 4 is 41.2 Å². The molecule has 0 spiro atoms. The predicted octanol–water partition coefficient (Wildman–Crippen LogP) is 1.31. The van der Waals surface area contributed by atoms with Gasteiger partial charge in [0, 0.05) is 32.3 Å². The maximum absolute atomic E-state index is 12.6. The molecule has 0 bridgehead atoms. The fourth-order valence-corrected chi connectivity index (χ4v) is 3.39. The van der Waals surface area contributed by atoms with Gasteiger partial charge in [0.2, 0.25) is 5.95 Å². The Kier molecular flexibility index (Phi) is 7.97. The first-order valence-corrected chi connectivity index (χ1v) is 10.8. The number of nitrogens with one attached hydrogen (secondary N) is 3. The van der Waals surface area contributed by atoms with Crippen LogP contribution in [-0.4, -0.2) is 74.4 Å². The van der Waals surface area contributed by atoms with Crippen LogP contribution in [0.4, 0.5) is 5.95 Å². The summed E-state index contributed by atoms with van der Waals surface area (Å²) in [5.74, 6) is -2.83. The van der Waals surface area contributed by atoms with Crippen LogP contribution in [0.2, 0.25) is 0 Å². The molecule has 35 heavy (non-hydrogen) atoms. The van der Waals surface area contributed by atoms with Crippen LogP contribution in [0.25, 0.3) is 11.0 Å². The summed E-state index contributed by atoms with van der Waals surface area (Å²) in [6, 6.07) is 5.33. The Bertz CT molecular complexity index is 1310. The van der Waals surface area contributed by atoms with Crippen LogP contribution in [0.1, 0.15) is 34.3 Å². The second-order valence-electron chi connectivity index (χ2n) is 8.13. The SMILES string of the molecule is CN(C)C=Nc1nc2[nH]cc(CCc3ccc(C(=O)N[C@@H](CCC(=O)O)C(=O)O)cc3)c2c(=O)[nH]1. The lowest BCUT2D eigenvalue weighted by Gasteiger charge is -2.13. The summed E-state index contributed by atoms with van der Waals surface area (Å²) >= 11 is 0. The molecule has 3 rings (SSSR count). The molecule has 3 aromatic rings. The van der Waals surface area contributed by atoms with E-state index >= 15 is 0 Å². The standard InChI is InChI=1S/C23H26N6O6/c1-29(2)12-25-23-27-19-18(21(33)28-23)15(11-24-19)8-5-13-3-6-14(7-4-13)20(32)26-16(22(34)35)9-10-17(30)31/h3-4,6-7,11-12,16H,5,8-10H2,1-2H3,(H,26,32)(H,30,31)(H,34,35)(H2,24,27,28,33)/t16-/m0/s1. The number of aliphatic carboxylic acids is 2. The lowest BCUT2D eigenvalue weighted by molar-refractivity contribution is -0.140. The normalized spacial score (nSPS) is 12.1. The first kappa shape index (κ1) is 25.1. The van der Waals surface area contributed by atoms with Crippen molar-refractivity contribution in [3.8, 4) is 0 Å². The number of rotatable bonds is 11. The van der Waals surface area contributed by atoms with Crippen LogP contribution in [0.3, 0.4) is 0 Å². The van der Waals surface area contributed by atoms with Crippen LogP contribution < -0.4 is 10.9 Å². The zero-order valence-corrected chi connectivity index (χ0v) is 19.2. The summed E-state index contributed by atoms with van der Waals surface area (Å²) in [5, 5.41) is 20.7. The number of hydrogen-bond acceptors (Lipinski definition) is 6. The molecule has 0 saturated heterocycles. The van der Waals surface area contributed by atoms with Gasteiger partial charge in [-0.1, -0.05) is 12.1 Å². The van der Waals surface area contributed by atoms with Crippen molar-refractivity contribution < 1.29 is 24.6 Å². The minimum atomic E-state index is -1.30. The van der Waals surface area contributed by atoms with Gasteiger partial charge in [0.1, 0.15) is 11.7 Å². The Labute approximate surface area is 199 Å². The van der Waals surface area contributed by atoms with Crippen LogP contribution in [0.15, 0.2) is 40.2 Å². The molecule has 0 fully saturated rings. The van der Waals surface area contributed by atoms with Crippen molar-refractivity contribution in [2.75, 3.05) is 14.1 Å². The molecule has 0 aliphatic carbocycles. The van der Waals surface area contributed by atoms with Crippen LogP contribution in [-0.2, 0) is 22.4 Å². The Morgan fingerprint density at radius 3 is 2.51 bits per heavy atom. The smallest absolute Gasteiger partial charge is 0.326 e. The molecule has 1 amide bonds. The number of amides is 1. The summed E-state index contributed by atoms with van der Waals surface area (Å²) in [6.45, 7) is 0. The topological polar surface area (TPSA) is 181 Å². The van der Waals surface area contributed by atoms with Gasteiger partial charge in [-0.05, 0) is 42.5 Å². The molecule has 0 radical (unpaired) electrons. The highest BCUT2D eigenvalue weighted by molar-refractivity contribution is 5.96. The van der Waals surface area contributed by atoms with E-state index in [1.165, 1.54) is 6.34 Å². The largest absolute Gasteiger partial charge is 0.481 e. The fourth-order valence-electron chi connectivity index (χ4n) is 3.39. The predicted molar refractivity (Wildman–Crippen MR) is 128 cm³/mol. The number of aromatic nitrogens is 3. The monoisotopic (exact) mass is 482 g/mol. The summed E-state index contributed by atoms with van der Waals surface area (Å²) < 4.78 is 0. The van der Waals surface area contributed by atoms with Crippen LogP contribution in [0.5, 0.6) is 0 Å². The van der Waals surface area contributed by atoms with Crippen molar-refractivity contribution in [2.45, 2.75) is 31.7 Å². The molecule has 5 N–H and O–H groups in total. The Morgan fingerprint density at radius 2 is 1.89 bits per heavy atom. The number of aliphatic imine (C=N–C) groups is 1. The molecule has 1 atom stereocenters. The van der Waals surface area contributed by atoms with Gasteiger partial charge in [-0.3, -0.25) is 19.4 Å². The van der Waals surface area contributed by atoms with Gasteiger partial charge in [-0.25, -0.2) is 9.79 Å². The fraction of sp³-hybridized carbons (Fsp3) is 0.304. The van der Waals surface area contributed by atoms with E-state index in [-0.39, 0.29) is 29.9 Å². The number of fused-ring (bicyclic) bond motifs is 1. The van der Waals surface area contributed by atoms with E-state index in [1.54, 1.807) is 49.5 Å².